The number of likely N-dealkylation sites (tertiary alicyclic amines) is 1. The van der Waals surface area contributed by atoms with E-state index in [2.05, 4.69) is 25.7 Å². The van der Waals surface area contributed by atoms with E-state index >= 15 is 0 Å². The van der Waals surface area contributed by atoms with Crippen LogP contribution in [0.3, 0.4) is 0 Å². The lowest BCUT2D eigenvalue weighted by Crippen LogP contribution is -2.42. The molecule has 0 aromatic heterocycles. The Hall–Kier alpha value is -0.610. The van der Waals surface area contributed by atoms with Gasteiger partial charge in [0, 0.05) is 19.2 Å². The van der Waals surface area contributed by atoms with Crippen LogP contribution in [-0.2, 0) is 9.53 Å². The summed E-state index contributed by atoms with van der Waals surface area (Å²) in [6.45, 7) is 7.33. The highest BCUT2D eigenvalue weighted by molar-refractivity contribution is 5.67. The summed E-state index contributed by atoms with van der Waals surface area (Å²) in [6.07, 6.45) is 3.30. The van der Waals surface area contributed by atoms with Crippen LogP contribution in [0.15, 0.2) is 0 Å². The van der Waals surface area contributed by atoms with Crippen LogP contribution in [0.2, 0.25) is 0 Å². The molecule has 1 aliphatic rings. The standard InChI is InChI=1S/C13H25NO3/c1-10(9-13(2,3)17-4)14-7-5-6-11(14)8-12(15)16/h10-11H,5-9H2,1-4H3,(H,15,16). The van der Waals surface area contributed by atoms with Crippen LogP contribution in [0.25, 0.3) is 0 Å². The first kappa shape index (κ1) is 14.5. The Labute approximate surface area is 104 Å². The Morgan fingerprint density at radius 3 is 2.76 bits per heavy atom. The average Bonchev–Trinajstić information content (AvgIpc) is 2.64. The fourth-order valence-corrected chi connectivity index (χ4v) is 2.77. The van der Waals surface area contributed by atoms with Crippen LogP contribution >= 0.6 is 0 Å². The Kier molecular flexibility index (Phi) is 4.95. The van der Waals surface area contributed by atoms with Crippen molar-refractivity contribution in [3.05, 3.63) is 0 Å². The molecule has 4 heteroatoms. The lowest BCUT2D eigenvalue weighted by atomic mass is 9.98. The van der Waals surface area contributed by atoms with E-state index in [0.717, 1.165) is 25.8 Å². The number of carbonyl (C=O) groups is 1. The predicted molar refractivity (Wildman–Crippen MR) is 67.1 cm³/mol. The molecule has 4 nitrogen and oxygen atoms in total. The maximum Gasteiger partial charge on any atom is 0.304 e. The summed E-state index contributed by atoms with van der Waals surface area (Å²) < 4.78 is 5.44. The van der Waals surface area contributed by atoms with E-state index in [9.17, 15) is 4.79 Å². The van der Waals surface area contributed by atoms with Gasteiger partial charge in [-0.2, -0.15) is 0 Å². The molecule has 1 saturated heterocycles. The second kappa shape index (κ2) is 5.83. The van der Waals surface area contributed by atoms with Gasteiger partial charge in [-0.1, -0.05) is 0 Å². The van der Waals surface area contributed by atoms with Crippen molar-refractivity contribution in [2.45, 2.75) is 64.1 Å². The first-order valence-corrected chi connectivity index (χ1v) is 6.38. The third kappa shape index (κ3) is 4.28. The Bertz CT molecular complexity index is 265. The van der Waals surface area contributed by atoms with E-state index in [0.29, 0.717) is 6.04 Å². The van der Waals surface area contributed by atoms with E-state index in [1.807, 2.05) is 0 Å². The number of hydrogen-bond acceptors (Lipinski definition) is 3. The lowest BCUT2D eigenvalue weighted by molar-refractivity contribution is -0.138. The van der Waals surface area contributed by atoms with Gasteiger partial charge in [-0.05, 0) is 46.6 Å². The van der Waals surface area contributed by atoms with Gasteiger partial charge in [-0.25, -0.2) is 0 Å². The molecule has 0 radical (unpaired) electrons. The largest absolute Gasteiger partial charge is 0.481 e. The van der Waals surface area contributed by atoms with Crippen LogP contribution < -0.4 is 0 Å². The molecule has 0 amide bonds. The lowest BCUT2D eigenvalue weighted by Gasteiger charge is -2.35. The quantitative estimate of drug-likeness (QED) is 0.776. The van der Waals surface area contributed by atoms with Crippen molar-refractivity contribution in [3.8, 4) is 0 Å². The molecule has 0 aliphatic carbocycles. The summed E-state index contributed by atoms with van der Waals surface area (Å²) in [6, 6.07) is 0.576. The number of nitrogens with zero attached hydrogens (tertiary/aromatic N) is 1. The van der Waals surface area contributed by atoms with E-state index < -0.39 is 5.97 Å². The monoisotopic (exact) mass is 243 g/mol. The number of ether oxygens (including phenoxy) is 1. The van der Waals surface area contributed by atoms with Gasteiger partial charge < -0.3 is 9.84 Å². The predicted octanol–water partition coefficient (Wildman–Crippen LogP) is 2.13. The van der Waals surface area contributed by atoms with E-state index in [1.54, 1.807) is 7.11 Å². The van der Waals surface area contributed by atoms with E-state index in [1.165, 1.54) is 0 Å². The number of aliphatic carboxylic acids is 1. The minimum Gasteiger partial charge on any atom is -0.481 e. The molecule has 0 aromatic rings. The van der Waals surface area contributed by atoms with Gasteiger partial charge in [0.1, 0.15) is 0 Å². The molecular formula is C13H25NO3. The highest BCUT2D eigenvalue weighted by Crippen LogP contribution is 2.27. The molecule has 17 heavy (non-hydrogen) atoms. The second-order valence-electron chi connectivity index (χ2n) is 5.65. The second-order valence-corrected chi connectivity index (χ2v) is 5.65. The fraction of sp³-hybridized carbons (Fsp3) is 0.923. The topological polar surface area (TPSA) is 49.8 Å². The molecule has 100 valence electrons. The third-order valence-corrected chi connectivity index (χ3v) is 3.74. The summed E-state index contributed by atoms with van der Waals surface area (Å²) >= 11 is 0. The van der Waals surface area contributed by atoms with Gasteiger partial charge >= 0.3 is 5.97 Å². The van der Waals surface area contributed by atoms with Crippen LogP contribution in [0.4, 0.5) is 0 Å². The maximum atomic E-state index is 10.8. The summed E-state index contributed by atoms with van der Waals surface area (Å²) in [5.74, 6) is -0.694. The zero-order valence-corrected chi connectivity index (χ0v) is 11.4. The van der Waals surface area contributed by atoms with Crippen LogP contribution in [0.5, 0.6) is 0 Å². The van der Waals surface area contributed by atoms with Gasteiger partial charge in [-0.3, -0.25) is 9.69 Å². The number of rotatable bonds is 6. The van der Waals surface area contributed by atoms with Gasteiger partial charge in [0.25, 0.3) is 0 Å². The Balaban J connectivity index is 2.55. The minimum atomic E-state index is -0.694. The first-order valence-electron chi connectivity index (χ1n) is 6.38. The average molecular weight is 243 g/mol. The third-order valence-electron chi connectivity index (χ3n) is 3.74. The molecule has 0 spiro atoms. The summed E-state index contributed by atoms with van der Waals surface area (Å²) in [4.78, 5) is 13.1. The molecule has 2 atom stereocenters. The molecule has 0 saturated carbocycles. The number of methoxy groups -OCH3 is 1. The van der Waals surface area contributed by atoms with Crippen molar-refractivity contribution in [2.24, 2.45) is 0 Å². The smallest absolute Gasteiger partial charge is 0.304 e. The first-order chi connectivity index (χ1) is 7.85. The molecule has 1 rings (SSSR count). The highest BCUT2D eigenvalue weighted by atomic mass is 16.5. The molecule has 1 aliphatic heterocycles. The van der Waals surface area contributed by atoms with Gasteiger partial charge in [0.15, 0.2) is 0 Å². The van der Waals surface area contributed by atoms with E-state index in [4.69, 9.17) is 9.84 Å². The number of carboxylic acid groups (broad SMARTS) is 1. The van der Waals surface area contributed by atoms with Gasteiger partial charge in [-0.15, -0.1) is 0 Å². The van der Waals surface area contributed by atoms with Crippen molar-refractivity contribution in [3.63, 3.8) is 0 Å². The Morgan fingerprint density at radius 2 is 2.24 bits per heavy atom. The SMILES string of the molecule is COC(C)(C)CC(C)N1CCCC1CC(=O)O. The van der Waals surface area contributed by atoms with Crippen molar-refractivity contribution < 1.29 is 14.6 Å². The zero-order chi connectivity index (χ0) is 13.1. The van der Waals surface area contributed by atoms with Crippen LogP contribution in [-0.4, -0.2) is 47.3 Å². The summed E-state index contributed by atoms with van der Waals surface area (Å²) in [7, 11) is 1.73. The number of carboxylic acids is 1. The van der Waals surface area contributed by atoms with Crippen LogP contribution in [0.1, 0.15) is 46.5 Å². The minimum absolute atomic E-state index is 0.143. The van der Waals surface area contributed by atoms with Gasteiger partial charge in [0.05, 0.1) is 12.0 Å². The molecule has 1 N–H and O–H groups in total. The van der Waals surface area contributed by atoms with Crippen LogP contribution in [0, 0.1) is 0 Å². The summed E-state index contributed by atoms with van der Waals surface area (Å²) in [5.41, 5.74) is -0.143. The molecule has 2 unspecified atom stereocenters. The molecule has 0 bridgehead atoms. The molecule has 0 aromatic carbocycles. The van der Waals surface area contributed by atoms with Crippen molar-refractivity contribution in [1.29, 1.82) is 0 Å². The summed E-state index contributed by atoms with van der Waals surface area (Å²) in [5, 5.41) is 8.90. The fourth-order valence-electron chi connectivity index (χ4n) is 2.77. The zero-order valence-electron chi connectivity index (χ0n) is 11.4. The molecule has 1 fully saturated rings. The highest BCUT2D eigenvalue weighted by Gasteiger charge is 2.32. The maximum absolute atomic E-state index is 10.8. The Morgan fingerprint density at radius 1 is 1.59 bits per heavy atom. The van der Waals surface area contributed by atoms with Crippen molar-refractivity contribution in [1.82, 2.24) is 4.90 Å². The molecule has 1 heterocycles. The number of hydrogen-bond donors (Lipinski definition) is 1. The van der Waals surface area contributed by atoms with Crippen molar-refractivity contribution in [2.75, 3.05) is 13.7 Å². The van der Waals surface area contributed by atoms with E-state index in [-0.39, 0.29) is 18.1 Å². The van der Waals surface area contributed by atoms with Crippen molar-refractivity contribution >= 4 is 5.97 Å². The molecular weight excluding hydrogens is 218 g/mol. The van der Waals surface area contributed by atoms with Gasteiger partial charge in [0.2, 0.25) is 0 Å². The normalized spacial score (nSPS) is 23.9.